The number of quaternary nitrogens is 1. The molecule has 4 unspecified atom stereocenters. The molecule has 63 heavy (non-hydrogen) atoms. The van der Waals surface area contributed by atoms with Gasteiger partial charge in [0.25, 0.3) is 0 Å². The molecule has 0 heterocycles. The molecule has 0 spiro atoms. The molecule has 0 rings (SSSR count). The van der Waals surface area contributed by atoms with Crippen LogP contribution in [-0.4, -0.2) is 84.6 Å². The number of aliphatic hydroxyl groups is 2. The van der Waals surface area contributed by atoms with Crippen molar-refractivity contribution >= 4 is 13.7 Å². The van der Waals surface area contributed by atoms with Crippen LogP contribution in [-0.2, 0) is 18.4 Å². The number of unbranched alkanes of at least 4 members (excludes halogenated alkanes) is 28. The van der Waals surface area contributed by atoms with Gasteiger partial charge >= 0.3 is 7.82 Å². The first-order chi connectivity index (χ1) is 30.4. The van der Waals surface area contributed by atoms with Crippen molar-refractivity contribution < 1.29 is 38.0 Å². The molecule has 0 aliphatic rings. The zero-order valence-electron chi connectivity index (χ0n) is 41.9. The summed E-state index contributed by atoms with van der Waals surface area (Å²) >= 11 is 0. The summed E-state index contributed by atoms with van der Waals surface area (Å²) in [7, 11) is 1.41. The Morgan fingerprint density at radius 1 is 0.540 bits per heavy atom. The van der Waals surface area contributed by atoms with E-state index in [0.717, 1.165) is 44.9 Å². The summed E-state index contributed by atoms with van der Waals surface area (Å²) in [4.78, 5) is 23.2. The van der Waals surface area contributed by atoms with E-state index in [2.05, 4.69) is 55.6 Å². The lowest BCUT2D eigenvalue weighted by Gasteiger charge is -2.28. The Morgan fingerprint density at radius 3 is 1.35 bits per heavy atom. The number of carbonyl (C=O) groups is 1. The lowest BCUT2D eigenvalue weighted by Crippen LogP contribution is -2.51. The molecule has 0 aromatic rings. The van der Waals surface area contributed by atoms with Crippen molar-refractivity contribution in [2.24, 2.45) is 0 Å². The van der Waals surface area contributed by atoms with E-state index in [4.69, 9.17) is 9.05 Å². The molecule has 10 heteroatoms. The minimum Gasteiger partial charge on any atom is -0.390 e. The molecule has 0 aliphatic heterocycles. The predicted molar refractivity (Wildman–Crippen MR) is 269 cm³/mol. The molecular formula is C53H104N2O7P+. The number of phosphoric ester groups is 1. The molecule has 0 radical (unpaired) electrons. The minimum absolute atomic E-state index is 0.0143. The highest BCUT2D eigenvalue weighted by molar-refractivity contribution is 7.47. The Labute approximate surface area is 389 Å². The summed E-state index contributed by atoms with van der Waals surface area (Å²) in [5.74, 6) is -0.271. The molecule has 4 atom stereocenters. The number of carbonyl (C=O) groups excluding carboxylic acids is 1. The number of aliphatic hydroxyl groups excluding tert-OH is 2. The summed E-state index contributed by atoms with van der Waals surface area (Å²) in [5.41, 5.74) is 0. The normalized spacial score (nSPS) is 14.9. The third-order valence-electron chi connectivity index (χ3n) is 11.9. The third kappa shape index (κ3) is 45.6. The molecule has 0 bridgehead atoms. The van der Waals surface area contributed by atoms with Crippen molar-refractivity contribution in [3.63, 3.8) is 0 Å². The highest BCUT2D eigenvalue weighted by Gasteiger charge is 2.31. The van der Waals surface area contributed by atoms with Gasteiger partial charge in [-0.1, -0.05) is 192 Å². The van der Waals surface area contributed by atoms with Crippen LogP contribution in [0.3, 0.4) is 0 Å². The van der Waals surface area contributed by atoms with Crippen molar-refractivity contribution in [1.29, 1.82) is 0 Å². The Hall–Kier alpha value is -1.32. The van der Waals surface area contributed by atoms with Crippen LogP contribution in [0, 0.1) is 0 Å². The fourth-order valence-corrected chi connectivity index (χ4v) is 8.42. The largest absolute Gasteiger partial charge is 0.472 e. The van der Waals surface area contributed by atoms with Crippen LogP contribution in [0.25, 0.3) is 0 Å². The van der Waals surface area contributed by atoms with E-state index in [0.29, 0.717) is 23.9 Å². The fourth-order valence-electron chi connectivity index (χ4n) is 7.68. The zero-order chi connectivity index (χ0) is 46.5. The average molecular weight is 912 g/mol. The monoisotopic (exact) mass is 912 g/mol. The van der Waals surface area contributed by atoms with E-state index in [1.54, 1.807) is 0 Å². The van der Waals surface area contributed by atoms with Crippen molar-refractivity contribution in [3.05, 3.63) is 36.5 Å². The molecule has 0 saturated carbocycles. The van der Waals surface area contributed by atoms with E-state index >= 15 is 0 Å². The predicted octanol–water partition coefficient (Wildman–Crippen LogP) is 14.4. The average Bonchev–Trinajstić information content (AvgIpc) is 3.24. The van der Waals surface area contributed by atoms with E-state index in [1.165, 1.54) is 161 Å². The van der Waals surface area contributed by atoms with E-state index in [-0.39, 0.29) is 18.9 Å². The van der Waals surface area contributed by atoms with Gasteiger partial charge in [0.1, 0.15) is 19.3 Å². The lowest BCUT2D eigenvalue weighted by atomic mass is 10.0. The van der Waals surface area contributed by atoms with Crippen LogP contribution in [0.5, 0.6) is 0 Å². The van der Waals surface area contributed by atoms with E-state index in [1.807, 2.05) is 21.1 Å². The van der Waals surface area contributed by atoms with Gasteiger partial charge in [-0.3, -0.25) is 13.8 Å². The summed E-state index contributed by atoms with van der Waals surface area (Å²) in [5, 5.41) is 24.7. The number of likely N-dealkylation sites (N-methyl/N-ethyl adjacent to an activating group) is 1. The molecule has 372 valence electrons. The number of nitrogens with zero attached hydrogens (tertiary/aromatic N) is 1. The molecule has 0 aromatic heterocycles. The van der Waals surface area contributed by atoms with Crippen LogP contribution in [0.15, 0.2) is 36.5 Å². The molecule has 0 fully saturated rings. The van der Waals surface area contributed by atoms with Gasteiger partial charge in [0.2, 0.25) is 5.91 Å². The highest BCUT2D eigenvalue weighted by Crippen LogP contribution is 2.43. The molecule has 0 saturated heterocycles. The maximum Gasteiger partial charge on any atom is 0.472 e. The van der Waals surface area contributed by atoms with Crippen molar-refractivity contribution in [2.45, 2.75) is 257 Å². The summed E-state index contributed by atoms with van der Waals surface area (Å²) in [6, 6.07) is -1.05. The summed E-state index contributed by atoms with van der Waals surface area (Å²) < 4.78 is 23.5. The maximum absolute atomic E-state index is 13.0. The SMILES string of the molecule is CCCCC/C=C/CC/C=C/CCCC(O)C(O)C(COP(=O)(O)OCC[N+](C)(C)C)NC(=O)CCCCCCCCCCCCCCCCC/C=C\CCCCCCCCCC. The molecule has 4 N–H and O–H groups in total. The first kappa shape index (κ1) is 61.7. The van der Waals surface area contributed by atoms with Gasteiger partial charge in [-0.2, -0.15) is 0 Å². The number of allylic oxidation sites excluding steroid dienone is 6. The van der Waals surface area contributed by atoms with Crippen LogP contribution >= 0.6 is 7.82 Å². The number of rotatable bonds is 48. The van der Waals surface area contributed by atoms with Crippen LogP contribution in [0.4, 0.5) is 0 Å². The standard InChI is InChI=1S/C53H103N2O7P/c1-6-8-10-12-14-16-18-20-21-22-23-24-25-26-27-28-29-30-31-32-33-34-36-38-40-42-44-46-52(57)54-50(49-62-63(59,60)61-48-47-55(3,4)5)53(58)51(56)45-43-41-39-37-35-19-17-15-13-11-9-7-2/h15,17,22-23,37,39,50-51,53,56,58H,6-14,16,18-21,24-36,38,40-49H2,1-5H3,(H-,54,57,59,60)/p+1/b17-15+,23-22-,39-37+. The lowest BCUT2D eigenvalue weighted by molar-refractivity contribution is -0.870. The summed E-state index contributed by atoms with van der Waals surface area (Å²) in [6.07, 6.45) is 52.3. The van der Waals surface area contributed by atoms with Gasteiger partial charge in [0.15, 0.2) is 0 Å². The first-order valence-electron chi connectivity index (χ1n) is 26.4. The quantitative estimate of drug-likeness (QED) is 0.0207. The van der Waals surface area contributed by atoms with Crippen LogP contribution < -0.4 is 5.32 Å². The van der Waals surface area contributed by atoms with Crippen molar-refractivity contribution in [1.82, 2.24) is 5.32 Å². The Balaban J connectivity index is 4.23. The molecular weight excluding hydrogens is 808 g/mol. The Kier molecular flexibility index (Phi) is 43.6. The fraction of sp³-hybridized carbons (Fsp3) is 0.868. The molecule has 0 aliphatic carbocycles. The van der Waals surface area contributed by atoms with Gasteiger partial charge in [-0.25, -0.2) is 4.57 Å². The smallest absolute Gasteiger partial charge is 0.390 e. The second-order valence-corrected chi connectivity index (χ2v) is 20.8. The van der Waals surface area contributed by atoms with Gasteiger partial charge in [-0.15, -0.1) is 0 Å². The van der Waals surface area contributed by atoms with E-state index in [9.17, 15) is 24.5 Å². The van der Waals surface area contributed by atoms with Crippen molar-refractivity contribution in [3.8, 4) is 0 Å². The topological polar surface area (TPSA) is 125 Å². The summed E-state index contributed by atoms with van der Waals surface area (Å²) in [6.45, 7) is 4.56. The number of phosphoric acid groups is 1. The number of hydrogen-bond acceptors (Lipinski definition) is 6. The van der Waals surface area contributed by atoms with Crippen LogP contribution in [0.1, 0.15) is 239 Å². The first-order valence-corrected chi connectivity index (χ1v) is 27.9. The number of amides is 1. The van der Waals surface area contributed by atoms with Gasteiger partial charge in [0.05, 0.1) is 39.9 Å². The molecule has 9 nitrogen and oxygen atoms in total. The highest BCUT2D eigenvalue weighted by atomic mass is 31.2. The van der Waals surface area contributed by atoms with Gasteiger partial charge in [0, 0.05) is 6.42 Å². The second-order valence-electron chi connectivity index (χ2n) is 19.4. The number of nitrogens with one attached hydrogen (secondary N) is 1. The molecule has 0 aromatic carbocycles. The van der Waals surface area contributed by atoms with E-state index < -0.39 is 32.7 Å². The minimum atomic E-state index is -4.43. The Bertz CT molecular complexity index is 1140. The van der Waals surface area contributed by atoms with Crippen LogP contribution in [0.2, 0.25) is 0 Å². The number of hydrogen-bond donors (Lipinski definition) is 4. The third-order valence-corrected chi connectivity index (χ3v) is 12.9. The Morgan fingerprint density at radius 2 is 0.905 bits per heavy atom. The second kappa shape index (κ2) is 44.5. The zero-order valence-corrected chi connectivity index (χ0v) is 42.8. The van der Waals surface area contributed by atoms with Gasteiger partial charge in [-0.05, 0) is 77.0 Å². The molecule has 1 amide bonds. The van der Waals surface area contributed by atoms with Gasteiger partial charge < -0.3 is 24.9 Å². The van der Waals surface area contributed by atoms with Crippen molar-refractivity contribution in [2.75, 3.05) is 40.9 Å². The maximum atomic E-state index is 13.0.